The van der Waals surface area contributed by atoms with Gasteiger partial charge in [-0.05, 0) is 35.1 Å². The van der Waals surface area contributed by atoms with Crippen LogP contribution in [0.25, 0.3) is 22.3 Å². The Balaban J connectivity index is 0.000000168. The van der Waals surface area contributed by atoms with Crippen molar-refractivity contribution in [3.05, 3.63) is 119 Å². The van der Waals surface area contributed by atoms with E-state index in [1.54, 1.807) is 24.3 Å². The number of fused-ring (bicyclic) bond motifs is 6. The number of rotatable bonds is 8. The Morgan fingerprint density at radius 2 is 0.786 bits per heavy atom. The molecule has 42 heavy (non-hydrogen) atoms. The van der Waals surface area contributed by atoms with Crippen molar-refractivity contribution in [2.24, 2.45) is 0 Å². The average Bonchev–Trinajstić information content (AvgIpc) is 3.46. The highest BCUT2D eigenvalue weighted by Crippen LogP contribution is 2.49. The topological polar surface area (TPSA) is 93.1 Å². The Hall–Kier alpha value is -4.26. The van der Waals surface area contributed by atoms with Crippen LogP contribution in [0, 0.1) is 0 Å². The number of hydrogen-bond acceptors (Lipinski definition) is 6. The van der Waals surface area contributed by atoms with Crippen molar-refractivity contribution in [3.8, 4) is 22.3 Å². The highest BCUT2D eigenvalue weighted by atomic mass is 16.6. The van der Waals surface area contributed by atoms with Crippen molar-refractivity contribution in [3.63, 3.8) is 0 Å². The van der Waals surface area contributed by atoms with E-state index in [1.807, 2.05) is 86.6 Å². The Kier molecular flexibility index (Phi) is 8.57. The minimum Gasteiger partial charge on any atom is -0.463 e. The van der Waals surface area contributed by atoms with E-state index in [0.29, 0.717) is 35.5 Å². The molecule has 4 aromatic rings. The molecule has 4 aromatic carbocycles. The van der Waals surface area contributed by atoms with Crippen molar-refractivity contribution >= 4 is 11.9 Å². The zero-order chi connectivity index (χ0) is 29.7. The van der Waals surface area contributed by atoms with Crippen LogP contribution in [-0.4, -0.2) is 35.4 Å². The fourth-order valence-electron chi connectivity index (χ4n) is 5.69. The molecule has 2 aliphatic rings. The van der Waals surface area contributed by atoms with Crippen LogP contribution in [0.5, 0.6) is 0 Å². The first-order valence-electron chi connectivity index (χ1n) is 14.6. The lowest BCUT2D eigenvalue weighted by Crippen LogP contribution is -2.36. The third-order valence-electron chi connectivity index (χ3n) is 7.90. The summed E-state index contributed by atoms with van der Waals surface area (Å²) in [6.07, 6.45) is 3.48. The minimum atomic E-state index is -1.69. The Bertz CT molecular complexity index is 1380. The van der Waals surface area contributed by atoms with Gasteiger partial charge in [-0.15, -0.1) is 0 Å². The summed E-state index contributed by atoms with van der Waals surface area (Å²) in [5.41, 5.74) is 2.60. The molecule has 0 aromatic heterocycles. The molecular formula is C36H36O6. The monoisotopic (exact) mass is 564 g/mol. The van der Waals surface area contributed by atoms with Gasteiger partial charge in [0.15, 0.2) is 0 Å². The summed E-state index contributed by atoms with van der Waals surface area (Å²) >= 11 is 0. The zero-order valence-electron chi connectivity index (χ0n) is 24.0. The van der Waals surface area contributed by atoms with Gasteiger partial charge in [0.05, 0.1) is 13.2 Å². The molecule has 6 rings (SSSR count). The maximum atomic E-state index is 12.5. The summed E-state index contributed by atoms with van der Waals surface area (Å²) in [4.78, 5) is 25.0. The summed E-state index contributed by atoms with van der Waals surface area (Å²) < 4.78 is 10.6. The largest absolute Gasteiger partial charge is 0.463 e. The van der Waals surface area contributed by atoms with Crippen LogP contribution in [0.2, 0.25) is 0 Å². The second-order valence-corrected chi connectivity index (χ2v) is 10.6. The van der Waals surface area contributed by atoms with Gasteiger partial charge in [0, 0.05) is 22.3 Å². The second-order valence-electron chi connectivity index (χ2n) is 10.6. The Morgan fingerprint density at radius 3 is 1.05 bits per heavy atom. The van der Waals surface area contributed by atoms with Crippen LogP contribution in [0.4, 0.5) is 0 Å². The van der Waals surface area contributed by atoms with Gasteiger partial charge in [-0.3, -0.25) is 0 Å². The van der Waals surface area contributed by atoms with E-state index in [4.69, 9.17) is 9.47 Å². The molecule has 0 fully saturated rings. The molecule has 0 amide bonds. The zero-order valence-corrected chi connectivity index (χ0v) is 24.0. The normalized spacial score (nSPS) is 14.4. The van der Waals surface area contributed by atoms with Crippen LogP contribution in [0.1, 0.15) is 61.8 Å². The standard InChI is InChI=1S/2C18H18O3/c2*1-2-3-12-21-17(19)18(20)15-10-6-4-8-13(15)14-9-5-7-11-16(14)18/h2*4-11,20H,2-3,12H2,1H3. The van der Waals surface area contributed by atoms with Gasteiger partial charge in [0.1, 0.15) is 0 Å². The first kappa shape index (κ1) is 29.2. The summed E-state index contributed by atoms with van der Waals surface area (Å²) in [6, 6.07) is 29.8. The van der Waals surface area contributed by atoms with E-state index in [2.05, 4.69) is 0 Å². The van der Waals surface area contributed by atoms with Gasteiger partial charge < -0.3 is 19.7 Å². The molecule has 0 saturated carbocycles. The quantitative estimate of drug-likeness (QED) is 0.188. The summed E-state index contributed by atoms with van der Waals surface area (Å²) in [5, 5.41) is 22.2. The van der Waals surface area contributed by atoms with Crippen molar-refractivity contribution in [2.75, 3.05) is 13.2 Å². The lowest BCUT2D eigenvalue weighted by Gasteiger charge is -2.23. The minimum absolute atomic E-state index is 0.335. The number of esters is 2. The van der Waals surface area contributed by atoms with E-state index in [1.165, 1.54) is 0 Å². The predicted molar refractivity (Wildman–Crippen MR) is 161 cm³/mol. The summed E-state index contributed by atoms with van der Waals surface area (Å²) in [5.74, 6) is -1.18. The molecule has 6 nitrogen and oxygen atoms in total. The van der Waals surface area contributed by atoms with E-state index < -0.39 is 23.1 Å². The molecular weight excluding hydrogens is 528 g/mol. The van der Waals surface area contributed by atoms with Gasteiger partial charge in [-0.1, -0.05) is 124 Å². The molecule has 216 valence electrons. The van der Waals surface area contributed by atoms with Crippen LogP contribution >= 0.6 is 0 Å². The number of ether oxygens (including phenoxy) is 2. The molecule has 2 aliphatic carbocycles. The maximum absolute atomic E-state index is 12.5. The number of carbonyl (C=O) groups excluding carboxylic acids is 2. The smallest absolute Gasteiger partial charge is 0.347 e. The lowest BCUT2D eigenvalue weighted by atomic mass is 9.91. The molecule has 0 heterocycles. The molecule has 0 aliphatic heterocycles. The fourth-order valence-corrected chi connectivity index (χ4v) is 5.69. The molecule has 0 bridgehead atoms. The number of unbranched alkanes of at least 4 members (excludes halogenated alkanes) is 2. The third kappa shape index (κ3) is 4.91. The van der Waals surface area contributed by atoms with Gasteiger partial charge in [-0.2, -0.15) is 0 Å². The molecule has 0 unspecified atom stereocenters. The third-order valence-corrected chi connectivity index (χ3v) is 7.90. The van der Waals surface area contributed by atoms with Crippen LogP contribution in [0.15, 0.2) is 97.1 Å². The predicted octanol–water partition coefficient (Wildman–Crippen LogP) is 6.49. The molecule has 0 spiro atoms. The van der Waals surface area contributed by atoms with Crippen LogP contribution in [0.3, 0.4) is 0 Å². The average molecular weight is 565 g/mol. The van der Waals surface area contributed by atoms with E-state index >= 15 is 0 Å². The first-order chi connectivity index (χ1) is 20.4. The van der Waals surface area contributed by atoms with Crippen molar-refractivity contribution < 1.29 is 29.3 Å². The molecule has 0 saturated heterocycles. The van der Waals surface area contributed by atoms with Crippen molar-refractivity contribution in [1.82, 2.24) is 0 Å². The number of benzene rings is 4. The summed E-state index contributed by atoms with van der Waals surface area (Å²) in [7, 11) is 0. The SMILES string of the molecule is CCCCOC(=O)C1(O)c2ccccc2-c2ccccc21.CCCCOC(=O)C1(O)c2ccccc2-c2ccccc21. The van der Waals surface area contributed by atoms with Crippen LogP contribution < -0.4 is 0 Å². The van der Waals surface area contributed by atoms with Crippen molar-refractivity contribution in [2.45, 2.75) is 50.7 Å². The molecule has 6 heteroatoms. The molecule has 0 radical (unpaired) electrons. The lowest BCUT2D eigenvalue weighted by molar-refractivity contribution is -0.162. The van der Waals surface area contributed by atoms with Crippen LogP contribution in [-0.2, 0) is 30.3 Å². The molecule has 0 atom stereocenters. The van der Waals surface area contributed by atoms with E-state index in [-0.39, 0.29) is 0 Å². The number of carbonyl (C=O) groups is 2. The maximum Gasteiger partial charge on any atom is 0.347 e. The van der Waals surface area contributed by atoms with Gasteiger partial charge in [0.25, 0.3) is 0 Å². The number of aliphatic hydroxyl groups is 2. The Labute approximate surface area is 246 Å². The Morgan fingerprint density at radius 1 is 0.524 bits per heavy atom. The second kappa shape index (κ2) is 12.3. The fraction of sp³-hybridized carbons (Fsp3) is 0.278. The van der Waals surface area contributed by atoms with Crippen molar-refractivity contribution in [1.29, 1.82) is 0 Å². The van der Waals surface area contributed by atoms with Gasteiger partial charge >= 0.3 is 11.9 Å². The molecule has 2 N–H and O–H groups in total. The van der Waals surface area contributed by atoms with E-state index in [0.717, 1.165) is 47.9 Å². The highest BCUT2D eigenvalue weighted by molar-refractivity contribution is 5.97. The highest BCUT2D eigenvalue weighted by Gasteiger charge is 2.50. The summed E-state index contributed by atoms with van der Waals surface area (Å²) in [6.45, 7) is 4.73. The van der Waals surface area contributed by atoms with E-state index in [9.17, 15) is 19.8 Å². The number of hydrogen-bond donors (Lipinski definition) is 2. The van der Waals surface area contributed by atoms with Gasteiger partial charge in [-0.25, -0.2) is 9.59 Å². The van der Waals surface area contributed by atoms with Gasteiger partial charge in [0.2, 0.25) is 11.2 Å². The first-order valence-corrected chi connectivity index (χ1v) is 14.6.